The quantitative estimate of drug-likeness (QED) is 0.716. The number of nitrogens with zero attached hydrogens (tertiary/aromatic N) is 1. The lowest BCUT2D eigenvalue weighted by atomic mass is 10.0. The summed E-state index contributed by atoms with van der Waals surface area (Å²) in [6, 6.07) is 8.50. The van der Waals surface area contributed by atoms with E-state index < -0.39 is 0 Å². The molecule has 0 unspecified atom stereocenters. The fourth-order valence-corrected chi connectivity index (χ4v) is 2.27. The number of rotatable bonds is 3. The lowest BCUT2D eigenvalue weighted by Crippen LogP contribution is -1.93. The van der Waals surface area contributed by atoms with Crippen LogP contribution in [0.2, 0.25) is 5.15 Å². The molecule has 0 saturated carbocycles. The van der Waals surface area contributed by atoms with Crippen LogP contribution in [0.5, 0.6) is 0 Å². The molecule has 1 aromatic heterocycles. The molecule has 0 aliphatic heterocycles. The Morgan fingerprint density at radius 1 is 1.19 bits per heavy atom. The van der Waals surface area contributed by atoms with Gasteiger partial charge in [0.05, 0.1) is 5.52 Å². The van der Waals surface area contributed by atoms with E-state index in [0.717, 1.165) is 30.3 Å². The highest BCUT2D eigenvalue weighted by atomic mass is 35.5. The van der Waals surface area contributed by atoms with Crippen LogP contribution < -0.4 is 0 Å². The molecular formula is C14H16ClN. The van der Waals surface area contributed by atoms with E-state index in [9.17, 15) is 0 Å². The number of aryl methyl sites for hydroxylation is 2. The van der Waals surface area contributed by atoms with Crippen molar-refractivity contribution in [2.75, 3.05) is 0 Å². The Balaban J connectivity index is 2.64. The molecule has 84 valence electrons. The molecule has 2 rings (SSSR count). The van der Waals surface area contributed by atoms with Crippen molar-refractivity contribution in [1.29, 1.82) is 0 Å². The Labute approximate surface area is 101 Å². The van der Waals surface area contributed by atoms with Gasteiger partial charge in [0.15, 0.2) is 0 Å². The van der Waals surface area contributed by atoms with Crippen LogP contribution in [0.25, 0.3) is 10.9 Å². The summed E-state index contributed by atoms with van der Waals surface area (Å²) >= 11 is 6.16. The maximum Gasteiger partial charge on any atom is 0.132 e. The number of hydrogen-bond acceptors (Lipinski definition) is 1. The van der Waals surface area contributed by atoms with E-state index in [2.05, 4.69) is 43.1 Å². The third-order valence-electron chi connectivity index (χ3n) is 2.86. The molecule has 0 radical (unpaired) electrons. The molecule has 0 fully saturated rings. The lowest BCUT2D eigenvalue weighted by Gasteiger charge is -2.07. The zero-order chi connectivity index (χ0) is 11.5. The molecule has 2 aromatic rings. The number of halogens is 1. The first-order valence-electron chi connectivity index (χ1n) is 5.83. The van der Waals surface area contributed by atoms with Crippen LogP contribution in [-0.4, -0.2) is 4.98 Å². The highest BCUT2D eigenvalue weighted by molar-refractivity contribution is 6.30. The Hall–Kier alpha value is -1.08. The van der Waals surface area contributed by atoms with E-state index in [1.54, 1.807) is 0 Å². The largest absolute Gasteiger partial charge is 0.236 e. The molecule has 0 aliphatic rings. The molecule has 2 heteroatoms. The van der Waals surface area contributed by atoms with Gasteiger partial charge in [0.1, 0.15) is 5.15 Å². The van der Waals surface area contributed by atoms with E-state index in [4.69, 9.17) is 11.6 Å². The minimum atomic E-state index is 0.651. The van der Waals surface area contributed by atoms with Crippen LogP contribution >= 0.6 is 11.6 Å². The fraction of sp³-hybridized carbons (Fsp3) is 0.357. The van der Waals surface area contributed by atoms with Gasteiger partial charge in [-0.25, -0.2) is 4.98 Å². The number of benzene rings is 1. The minimum absolute atomic E-state index is 0.651. The maximum atomic E-state index is 6.16. The number of fused-ring (bicyclic) bond motifs is 1. The molecule has 0 saturated heterocycles. The Kier molecular flexibility index (Phi) is 3.45. The zero-order valence-electron chi connectivity index (χ0n) is 9.76. The second kappa shape index (κ2) is 4.84. The summed E-state index contributed by atoms with van der Waals surface area (Å²) in [7, 11) is 0. The van der Waals surface area contributed by atoms with Gasteiger partial charge in [0.2, 0.25) is 0 Å². The molecule has 0 bridgehead atoms. The summed E-state index contributed by atoms with van der Waals surface area (Å²) in [5, 5.41) is 1.85. The van der Waals surface area contributed by atoms with E-state index in [1.807, 2.05) is 0 Å². The van der Waals surface area contributed by atoms with Crippen molar-refractivity contribution in [3.8, 4) is 0 Å². The topological polar surface area (TPSA) is 12.9 Å². The van der Waals surface area contributed by atoms with Gasteiger partial charge >= 0.3 is 0 Å². The minimum Gasteiger partial charge on any atom is -0.236 e. The second-order valence-corrected chi connectivity index (χ2v) is 4.39. The van der Waals surface area contributed by atoms with E-state index >= 15 is 0 Å². The summed E-state index contributed by atoms with van der Waals surface area (Å²) in [6.07, 6.45) is 3.12. The van der Waals surface area contributed by atoms with E-state index in [0.29, 0.717) is 5.15 Å². The third-order valence-corrected chi connectivity index (χ3v) is 3.18. The Morgan fingerprint density at radius 2 is 2.00 bits per heavy atom. The molecule has 1 nitrogen and oxygen atoms in total. The van der Waals surface area contributed by atoms with E-state index in [1.165, 1.54) is 10.9 Å². The van der Waals surface area contributed by atoms with Gasteiger partial charge in [-0.1, -0.05) is 50.1 Å². The van der Waals surface area contributed by atoms with Crippen molar-refractivity contribution in [3.05, 3.63) is 40.5 Å². The van der Waals surface area contributed by atoms with Crippen molar-refractivity contribution < 1.29 is 0 Å². The molecular weight excluding hydrogens is 218 g/mol. The SMILES string of the molecule is CCCc1cccc2cc(CC)c(Cl)nc12. The van der Waals surface area contributed by atoms with Crippen molar-refractivity contribution in [2.45, 2.75) is 33.1 Å². The molecule has 0 aliphatic carbocycles. The monoisotopic (exact) mass is 233 g/mol. The molecule has 0 amide bonds. The van der Waals surface area contributed by atoms with Crippen LogP contribution in [-0.2, 0) is 12.8 Å². The predicted molar refractivity (Wildman–Crippen MR) is 70.1 cm³/mol. The molecule has 1 aromatic carbocycles. The van der Waals surface area contributed by atoms with Crippen LogP contribution in [0.4, 0.5) is 0 Å². The van der Waals surface area contributed by atoms with Gasteiger partial charge in [-0.2, -0.15) is 0 Å². The van der Waals surface area contributed by atoms with Crippen LogP contribution in [0, 0.1) is 0 Å². The van der Waals surface area contributed by atoms with Gasteiger partial charge in [0, 0.05) is 5.39 Å². The van der Waals surface area contributed by atoms with E-state index in [-0.39, 0.29) is 0 Å². The molecule has 0 atom stereocenters. The van der Waals surface area contributed by atoms with Crippen molar-refractivity contribution in [2.24, 2.45) is 0 Å². The highest BCUT2D eigenvalue weighted by Crippen LogP contribution is 2.24. The van der Waals surface area contributed by atoms with Gasteiger partial charge in [-0.3, -0.25) is 0 Å². The van der Waals surface area contributed by atoms with Gasteiger partial charge < -0.3 is 0 Å². The molecule has 0 spiro atoms. The fourth-order valence-electron chi connectivity index (χ4n) is 2.00. The first-order chi connectivity index (χ1) is 7.76. The Bertz CT molecular complexity index is 505. The van der Waals surface area contributed by atoms with Gasteiger partial charge in [-0.05, 0) is 30.0 Å². The summed E-state index contributed by atoms with van der Waals surface area (Å²) in [5.41, 5.74) is 3.49. The lowest BCUT2D eigenvalue weighted by molar-refractivity contribution is 0.926. The average Bonchev–Trinajstić information content (AvgIpc) is 2.29. The number of aromatic nitrogens is 1. The molecule has 1 heterocycles. The van der Waals surface area contributed by atoms with Crippen LogP contribution in [0.1, 0.15) is 31.4 Å². The van der Waals surface area contributed by atoms with Crippen molar-refractivity contribution in [1.82, 2.24) is 4.98 Å². The number of para-hydroxylation sites is 1. The van der Waals surface area contributed by atoms with Gasteiger partial charge in [0.25, 0.3) is 0 Å². The highest BCUT2D eigenvalue weighted by Gasteiger charge is 2.06. The maximum absolute atomic E-state index is 6.16. The second-order valence-electron chi connectivity index (χ2n) is 4.03. The first kappa shape index (κ1) is 11.4. The normalized spacial score (nSPS) is 10.9. The molecule has 0 N–H and O–H groups in total. The zero-order valence-corrected chi connectivity index (χ0v) is 10.5. The smallest absolute Gasteiger partial charge is 0.132 e. The van der Waals surface area contributed by atoms with Crippen LogP contribution in [0.3, 0.4) is 0 Å². The van der Waals surface area contributed by atoms with Crippen molar-refractivity contribution in [3.63, 3.8) is 0 Å². The average molecular weight is 234 g/mol. The number of hydrogen-bond donors (Lipinski definition) is 0. The third kappa shape index (κ3) is 2.05. The summed E-state index contributed by atoms with van der Waals surface area (Å²) in [4.78, 5) is 4.53. The standard InChI is InChI=1S/C14H16ClN/c1-3-6-11-7-5-8-12-9-10(4-2)14(15)16-13(11)12/h5,7-9H,3-4,6H2,1-2H3. The summed E-state index contributed by atoms with van der Waals surface area (Å²) in [5.74, 6) is 0. The Morgan fingerprint density at radius 3 is 2.69 bits per heavy atom. The van der Waals surface area contributed by atoms with Crippen LogP contribution in [0.15, 0.2) is 24.3 Å². The summed E-state index contributed by atoms with van der Waals surface area (Å²) in [6.45, 7) is 4.28. The molecule has 16 heavy (non-hydrogen) atoms. The predicted octanol–water partition coefficient (Wildman–Crippen LogP) is 4.40. The number of pyridine rings is 1. The first-order valence-corrected chi connectivity index (χ1v) is 6.21. The van der Waals surface area contributed by atoms with Gasteiger partial charge in [-0.15, -0.1) is 0 Å². The van der Waals surface area contributed by atoms with Crippen molar-refractivity contribution >= 4 is 22.5 Å². The summed E-state index contributed by atoms with van der Waals surface area (Å²) < 4.78 is 0.